The summed E-state index contributed by atoms with van der Waals surface area (Å²) in [5, 5.41) is 10.8. The number of nitrogens with one attached hydrogen (secondary N) is 2. The highest BCUT2D eigenvalue weighted by atomic mass is 16.5. The molecular weight excluding hydrogens is 336 g/mol. The number of amides is 1. The summed E-state index contributed by atoms with van der Waals surface area (Å²) < 4.78 is 4.53. The van der Waals surface area contributed by atoms with Gasteiger partial charge in [0.2, 0.25) is 0 Å². The van der Waals surface area contributed by atoms with Crippen LogP contribution in [0, 0.1) is 6.92 Å². The average molecular weight is 354 g/mol. The van der Waals surface area contributed by atoms with Crippen molar-refractivity contribution in [3.63, 3.8) is 0 Å². The summed E-state index contributed by atoms with van der Waals surface area (Å²) in [6.07, 6.45) is 1.86. The van der Waals surface area contributed by atoms with E-state index in [-0.39, 0.29) is 11.8 Å². The van der Waals surface area contributed by atoms with Crippen molar-refractivity contribution in [2.45, 2.75) is 25.7 Å². The number of H-pyrrole nitrogens is 2. The van der Waals surface area contributed by atoms with Gasteiger partial charge in [-0.05, 0) is 31.9 Å². The Bertz CT molecular complexity index is 988. The molecule has 1 saturated heterocycles. The molecule has 9 nitrogen and oxygen atoms in total. The van der Waals surface area contributed by atoms with E-state index in [1.165, 1.54) is 0 Å². The number of aromatic amines is 2. The highest BCUT2D eigenvalue weighted by Gasteiger charge is 2.28. The van der Waals surface area contributed by atoms with Gasteiger partial charge in [0, 0.05) is 30.1 Å². The number of piperidine rings is 1. The Kier molecular flexibility index (Phi) is 4.11. The van der Waals surface area contributed by atoms with Crippen molar-refractivity contribution >= 4 is 5.91 Å². The molecule has 1 unspecified atom stereocenters. The van der Waals surface area contributed by atoms with Crippen LogP contribution in [0.25, 0.3) is 11.4 Å². The van der Waals surface area contributed by atoms with Gasteiger partial charge in [0.25, 0.3) is 5.91 Å². The first-order valence-electron chi connectivity index (χ1n) is 8.45. The van der Waals surface area contributed by atoms with E-state index in [4.69, 9.17) is 0 Å². The molecule has 2 N–H and O–H groups in total. The zero-order valence-corrected chi connectivity index (χ0v) is 14.2. The lowest BCUT2D eigenvalue weighted by molar-refractivity contribution is 0.0704. The van der Waals surface area contributed by atoms with Gasteiger partial charge in [0.05, 0.1) is 0 Å². The SMILES string of the molecule is Cc1nc(C2CCCN(C(=O)c3cccc(-c4noc(=O)[nH]4)c3)C2)n[nH]1. The Hall–Kier alpha value is -3.23. The molecule has 9 heteroatoms. The monoisotopic (exact) mass is 354 g/mol. The van der Waals surface area contributed by atoms with E-state index in [0.29, 0.717) is 30.0 Å². The first kappa shape index (κ1) is 16.2. The number of rotatable bonds is 3. The molecule has 2 aromatic heterocycles. The van der Waals surface area contributed by atoms with Gasteiger partial charge in [-0.3, -0.25) is 19.4 Å². The number of carbonyl (C=O) groups excluding carboxylic acids is 1. The first-order chi connectivity index (χ1) is 12.6. The number of benzene rings is 1. The van der Waals surface area contributed by atoms with Crippen molar-refractivity contribution < 1.29 is 9.32 Å². The van der Waals surface area contributed by atoms with E-state index in [9.17, 15) is 9.59 Å². The minimum atomic E-state index is -0.627. The standard InChI is InChI=1S/C17H18N6O3/c1-10-18-14(21-20-10)13-6-3-7-23(9-13)16(24)12-5-2-4-11(8-12)15-19-17(25)26-22-15/h2,4-5,8,13H,3,6-7,9H2,1H3,(H,18,20,21)(H,19,22,25). The fraction of sp³-hybridized carbons (Fsp3) is 0.353. The summed E-state index contributed by atoms with van der Waals surface area (Å²) in [6, 6.07) is 6.98. The van der Waals surface area contributed by atoms with E-state index in [1.54, 1.807) is 24.3 Å². The first-order valence-corrected chi connectivity index (χ1v) is 8.45. The minimum absolute atomic E-state index is 0.0605. The van der Waals surface area contributed by atoms with Gasteiger partial charge < -0.3 is 4.90 Å². The van der Waals surface area contributed by atoms with Crippen LogP contribution in [0.1, 0.15) is 40.8 Å². The smallest absolute Gasteiger partial charge is 0.338 e. The maximum atomic E-state index is 12.9. The van der Waals surface area contributed by atoms with Gasteiger partial charge >= 0.3 is 5.76 Å². The van der Waals surface area contributed by atoms with Gasteiger partial charge in [-0.2, -0.15) is 5.10 Å². The molecule has 0 aliphatic carbocycles. The van der Waals surface area contributed by atoms with Crippen molar-refractivity contribution in [3.05, 3.63) is 52.0 Å². The molecule has 134 valence electrons. The summed E-state index contributed by atoms with van der Waals surface area (Å²) in [6.45, 7) is 3.15. The van der Waals surface area contributed by atoms with E-state index in [2.05, 4.69) is 29.8 Å². The van der Waals surface area contributed by atoms with E-state index in [0.717, 1.165) is 24.5 Å². The van der Waals surface area contributed by atoms with Crippen LogP contribution >= 0.6 is 0 Å². The predicted octanol–water partition coefficient (Wildman–Crippen LogP) is 1.48. The maximum absolute atomic E-state index is 12.9. The van der Waals surface area contributed by atoms with Crippen molar-refractivity contribution in [2.24, 2.45) is 0 Å². The van der Waals surface area contributed by atoms with Crippen LogP contribution in [0.5, 0.6) is 0 Å². The highest BCUT2D eigenvalue weighted by Crippen LogP contribution is 2.26. The van der Waals surface area contributed by atoms with Crippen LogP contribution in [0.15, 0.2) is 33.6 Å². The van der Waals surface area contributed by atoms with Crippen LogP contribution in [0.4, 0.5) is 0 Å². The molecule has 0 spiro atoms. The Balaban J connectivity index is 1.54. The third-order valence-electron chi connectivity index (χ3n) is 4.51. The van der Waals surface area contributed by atoms with Crippen molar-refractivity contribution in [1.29, 1.82) is 0 Å². The molecule has 26 heavy (non-hydrogen) atoms. The average Bonchev–Trinajstić information content (AvgIpc) is 3.30. The molecular formula is C17H18N6O3. The summed E-state index contributed by atoms with van der Waals surface area (Å²) in [7, 11) is 0. The third-order valence-corrected chi connectivity index (χ3v) is 4.51. The number of likely N-dealkylation sites (tertiary alicyclic amines) is 1. The highest BCUT2D eigenvalue weighted by molar-refractivity contribution is 5.95. The molecule has 1 aromatic carbocycles. The lowest BCUT2D eigenvalue weighted by Crippen LogP contribution is -2.39. The zero-order chi connectivity index (χ0) is 18.1. The second-order valence-electron chi connectivity index (χ2n) is 6.39. The van der Waals surface area contributed by atoms with E-state index < -0.39 is 5.76 Å². The summed E-state index contributed by atoms with van der Waals surface area (Å²) in [5.41, 5.74) is 1.16. The third kappa shape index (κ3) is 3.15. The second-order valence-corrected chi connectivity index (χ2v) is 6.39. The van der Waals surface area contributed by atoms with Gasteiger partial charge in [0.15, 0.2) is 11.6 Å². The Morgan fingerprint density at radius 1 is 1.38 bits per heavy atom. The predicted molar refractivity (Wildman–Crippen MR) is 91.6 cm³/mol. The number of hydrogen-bond donors (Lipinski definition) is 2. The van der Waals surface area contributed by atoms with Gasteiger partial charge in [-0.1, -0.05) is 17.3 Å². The topological polar surface area (TPSA) is 121 Å². The van der Waals surface area contributed by atoms with Gasteiger partial charge in [0.1, 0.15) is 5.82 Å². The van der Waals surface area contributed by atoms with E-state index in [1.807, 2.05) is 11.8 Å². The Labute approximate surface area is 148 Å². The Morgan fingerprint density at radius 3 is 3.00 bits per heavy atom. The number of hydrogen-bond acceptors (Lipinski definition) is 6. The van der Waals surface area contributed by atoms with Crippen LogP contribution in [0.2, 0.25) is 0 Å². The fourth-order valence-corrected chi connectivity index (χ4v) is 3.25. The molecule has 1 aliphatic rings. The molecule has 0 saturated carbocycles. The Morgan fingerprint density at radius 2 is 2.27 bits per heavy atom. The summed E-state index contributed by atoms with van der Waals surface area (Å²) >= 11 is 0. The van der Waals surface area contributed by atoms with Crippen molar-refractivity contribution in [3.8, 4) is 11.4 Å². The fourth-order valence-electron chi connectivity index (χ4n) is 3.25. The maximum Gasteiger partial charge on any atom is 0.439 e. The van der Waals surface area contributed by atoms with Crippen LogP contribution in [0.3, 0.4) is 0 Å². The lowest BCUT2D eigenvalue weighted by atomic mass is 9.96. The quantitative estimate of drug-likeness (QED) is 0.735. The molecule has 1 amide bonds. The van der Waals surface area contributed by atoms with Crippen molar-refractivity contribution in [1.82, 2.24) is 30.2 Å². The number of nitrogens with zero attached hydrogens (tertiary/aromatic N) is 4. The largest absolute Gasteiger partial charge is 0.439 e. The molecule has 0 radical (unpaired) electrons. The van der Waals surface area contributed by atoms with Crippen LogP contribution in [-0.2, 0) is 0 Å². The molecule has 3 aromatic rings. The molecule has 3 heterocycles. The van der Waals surface area contributed by atoms with Crippen LogP contribution < -0.4 is 5.76 Å². The normalized spacial score (nSPS) is 17.4. The molecule has 1 atom stereocenters. The van der Waals surface area contributed by atoms with Gasteiger partial charge in [-0.25, -0.2) is 9.78 Å². The summed E-state index contributed by atoms with van der Waals surface area (Å²) in [5.74, 6) is 1.28. The molecule has 1 fully saturated rings. The van der Waals surface area contributed by atoms with E-state index >= 15 is 0 Å². The summed E-state index contributed by atoms with van der Waals surface area (Å²) in [4.78, 5) is 32.8. The number of aromatic nitrogens is 5. The van der Waals surface area contributed by atoms with Crippen LogP contribution in [-0.4, -0.2) is 49.2 Å². The molecule has 4 rings (SSSR count). The lowest BCUT2D eigenvalue weighted by Gasteiger charge is -2.31. The zero-order valence-electron chi connectivity index (χ0n) is 14.2. The van der Waals surface area contributed by atoms with Gasteiger partial charge in [-0.15, -0.1) is 0 Å². The second kappa shape index (κ2) is 6.58. The molecule has 0 bridgehead atoms. The number of aryl methyl sites for hydroxylation is 1. The molecule has 1 aliphatic heterocycles. The number of carbonyl (C=O) groups is 1. The minimum Gasteiger partial charge on any atom is -0.338 e. The van der Waals surface area contributed by atoms with Crippen molar-refractivity contribution in [2.75, 3.05) is 13.1 Å².